The summed E-state index contributed by atoms with van der Waals surface area (Å²) in [5.74, 6) is 0.503. The molecule has 3 nitrogen and oxygen atoms in total. The zero-order valence-electron chi connectivity index (χ0n) is 9.05. The van der Waals surface area contributed by atoms with Crippen LogP contribution in [0.4, 0.5) is 0 Å². The molecular formula is C13H10ClN3. The van der Waals surface area contributed by atoms with Crippen molar-refractivity contribution >= 4 is 17.2 Å². The maximum atomic E-state index is 5.82. The van der Waals surface area contributed by atoms with Crippen LogP contribution in [0.25, 0.3) is 16.9 Å². The van der Waals surface area contributed by atoms with Crippen molar-refractivity contribution in [3.8, 4) is 11.3 Å². The van der Waals surface area contributed by atoms with Crippen molar-refractivity contribution in [2.45, 2.75) is 5.88 Å². The van der Waals surface area contributed by atoms with E-state index in [0.29, 0.717) is 5.88 Å². The second-order valence-electron chi connectivity index (χ2n) is 3.79. The van der Waals surface area contributed by atoms with Crippen molar-refractivity contribution in [2.24, 2.45) is 0 Å². The molecule has 0 aliphatic carbocycles. The Labute approximate surface area is 104 Å². The largest absolute Gasteiger partial charge is 0.306 e. The van der Waals surface area contributed by atoms with Gasteiger partial charge in [0.1, 0.15) is 5.65 Å². The second-order valence-corrected chi connectivity index (χ2v) is 4.06. The van der Waals surface area contributed by atoms with Crippen molar-refractivity contribution in [1.29, 1.82) is 0 Å². The van der Waals surface area contributed by atoms with Gasteiger partial charge in [0.05, 0.1) is 5.69 Å². The molecule has 0 saturated carbocycles. The van der Waals surface area contributed by atoms with Gasteiger partial charge in [-0.15, -0.1) is 11.6 Å². The van der Waals surface area contributed by atoms with Gasteiger partial charge in [0.15, 0.2) is 0 Å². The van der Waals surface area contributed by atoms with Crippen LogP contribution in [0.1, 0.15) is 5.56 Å². The van der Waals surface area contributed by atoms with Gasteiger partial charge in [0.25, 0.3) is 0 Å². The molecule has 0 bridgehead atoms. The van der Waals surface area contributed by atoms with Gasteiger partial charge >= 0.3 is 0 Å². The molecule has 0 saturated heterocycles. The molecule has 4 heteroatoms. The predicted octanol–water partition coefficient (Wildman–Crippen LogP) is 3.14. The Morgan fingerprint density at radius 3 is 2.94 bits per heavy atom. The van der Waals surface area contributed by atoms with Crippen LogP contribution in [0.15, 0.2) is 49.1 Å². The van der Waals surface area contributed by atoms with E-state index in [9.17, 15) is 0 Å². The highest BCUT2D eigenvalue weighted by Gasteiger charge is 2.02. The molecule has 3 aromatic rings. The smallest absolute Gasteiger partial charge is 0.136 e. The molecule has 0 radical (unpaired) electrons. The first-order valence-corrected chi connectivity index (χ1v) is 5.84. The van der Waals surface area contributed by atoms with Crippen LogP contribution in [0.3, 0.4) is 0 Å². The molecule has 0 unspecified atom stereocenters. The molecule has 0 aromatic carbocycles. The summed E-state index contributed by atoms with van der Waals surface area (Å²) in [6.45, 7) is 0. The monoisotopic (exact) mass is 243 g/mol. The molecule has 0 amide bonds. The third kappa shape index (κ3) is 1.89. The molecule has 0 aliphatic rings. The van der Waals surface area contributed by atoms with Crippen molar-refractivity contribution in [3.63, 3.8) is 0 Å². The number of alkyl halides is 1. The van der Waals surface area contributed by atoms with E-state index in [1.54, 1.807) is 12.4 Å². The zero-order valence-corrected chi connectivity index (χ0v) is 9.80. The SMILES string of the molecule is ClCc1ccnc(-c2ccc3nccn3c2)c1. The summed E-state index contributed by atoms with van der Waals surface area (Å²) in [6.07, 6.45) is 7.50. The molecule has 0 atom stereocenters. The van der Waals surface area contributed by atoms with E-state index >= 15 is 0 Å². The molecule has 0 aliphatic heterocycles. The fraction of sp³-hybridized carbons (Fsp3) is 0.0769. The van der Waals surface area contributed by atoms with Crippen LogP contribution in [0, 0.1) is 0 Å². The molecule has 0 spiro atoms. The van der Waals surface area contributed by atoms with Gasteiger partial charge in [0.2, 0.25) is 0 Å². The summed E-state index contributed by atoms with van der Waals surface area (Å²) < 4.78 is 1.98. The number of hydrogen-bond donors (Lipinski definition) is 0. The Hall–Kier alpha value is -1.87. The molecule has 84 valence electrons. The van der Waals surface area contributed by atoms with Crippen molar-refractivity contribution in [2.75, 3.05) is 0 Å². The summed E-state index contributed by atoms with van der Waals surface area (Å²) >= 11 is 5.82. The molecule has 3 heterocycles. The highest BCUT2D eigenvalue weighted by Crippen LogP contribution is 2.19. The molecule has 0 N–H and O–H groups in total. The fourth-order valence-electron chi connectivity index (χ4n) is 1.79. The Bertz CT molecular complexity index is 660. The first-order chi connectivity index (χ1) is 8.36. The Balaban J connectivity index is 2.12. The zero-order chi connectivity index (χ0) is 11.7. The van der Waals surface area contributed by atoms with E-state index in [-0.39, 0.29) is 0 Å². The van der Waals surface area contributed by atoms with E-state index in [1.165, 1.54) is 0 Å². The van der Waals surface area contributed by atoms with Crippen molar-refractivity contribution in [1.82, 2.24) is 14.4 Å². The van der Waals surface area contributed by atoms with E-state index < -0.39 is 0 Å². The van der Waals surface area contributed by atoms with Crippen LogP contribution < -0.4 is 0 Å². The average Bonchev–Trinajstić information content (AvgIpc) is 2.86. The first kappa shape index (κ1) is 10.3. The fourth-order valence-corrected chi connectivity index (χ4v) is 1.95. The van der Waals surface area contributed by atoms with Crippen LogP contribution in [-0.2, 0) is 5.88 Å². The number of halogens is 1. The molecule has 17 heavy (non-hydrogen) atoms. The summed E-state index contributed by atoms with van der Waals surface area (Å²) in [5.41, 5.74) is 3.99. The predicted molar refractivity (Wildman–Crippen MR) is 68.0 cm³/mol. The summed E-state index contributed by atoms with van der Waals surface area (Å²) in [6, 6.07) is 7.92. The Kier molecular flexibility index (Phi) is 2.53. The van der Waals surface area contributed by atoms with Gasteiger partial charge < -0.3 is 4.40 Å². The van der Waals surface area contributed by atoms with E-state index in [2.05, 4.69) is 9.97 Å². The number of fused-ring (bicyclic) bond motifs is 1. The average molecular weight is 244 g/mol. The third-order valence-corrected chi connectivity index (χ3v) is 2.97. The van der Waals surface area contributed by atoms with Crippen LogP contribution in [0.5, 0.6) is 0 Å². The number of rotatable bonds is 2. The highest BCUT2D eigenvalue weighted by molar-refractivity contribution is 6.17. The molecule has 0 fully saturated rings. The molecule has 3 aromatic heterocycles. The Morgan fingerprint density at radius 2 is 2.06 bits per heavy atom. The van der Waals surface area contributed by atoms with E-state index in [4.69, 9.17) is 11.6 Å². The maximum absolute atomic E-state index is 5.82. The lowest BCUT2D eigenvalue weighted by Gasteiger charge is -2.03. The lowest BCUT2D eigenvalue weighted by Crippen LogP contribution is -1.89. The molecule has 3 rings (SSSR count). The van der Waals surface area contributed by atoms with Crippen molar-refractivity contribution < 1.29 is 0 Å². The highest BCUT2D eigenvalue weighted by atomic mass is 35.5. The minimum absolute atomic E-state index is 0.503. The summed E-state index contributed by atoms with van der Waals surface area (Å²) in [7, 11) is 0. The molecular weight excluding hydrogens is 234 g/mol. The number of imidazole rings is 1. The second kappa shape index (κ2) is 4.18. The maximum Gasteiger partial charge on any atom is 0.136 e. The van der Waals surface area contributed by atoms with Crippen LogP contribution in [0.2, 0.25) is 0 Å². The van der Waals surface area contributed by atoms with E-state index in [0.717, 1.165) is 22.5 Å². The lowest BCUT2D eigenvalue weighted by molar-refractivity contribution is 1.17. The first-order valence-electron chi connectivity index (χ1n) is 5.31. The lowest BCUT2D eigenvalue weighted by atomic mass is 10.1. The van der Waals surface area contributed by atoms with E-state index in [1.807, 2.05) is 41.1 Å². The minimum atomic E-state index is 0.503. The topological polar surface area (TPSA) is 30.2 Å². The van der Waals surface area contributed by atoms with Gasteiger partial charge in [-0.2, -0.15) is 0 Å². The Morgan fingerprint density at radius 1 is 1.12 bits per heavy atom. The summed E-state index contributed by atoms with van der Waals surface area (Å²) in [5, 5.41) is 0. The number of pyridine rings is 2. The van der Waals surface area contributed by atoms with Gasteiger partial charge in [-0.25, -0.2) is 4.98 Å². The van der Waals surface area contributed by atoms with Gasteiger partial charge in [-0.1, -0.05) is 0 Å². The third-order valence-electron chi connectivity index (χ3n) is 2.66. The number of nitrogens with zero attached hydrogens (tertiary/aromatic N) is 3. The van der Waals surface area contributed by atoms with Crippen molar-refractivity contribution in [3.05, 3.63) is 54.6 Å². The standard InChI is InChI=1S/C13H10ClN3/c14-8-10-3-4-15-12(7-10)11-1-2-13-16-5-6-17(13)9-11/h1-7,9H,8H2. The summed E-state index contributed by atoms with van der Waals surface area (Å²) in [4.78, 5) is 8.57. The van der Waals surface area contributed by atoms with Crippen LogP contribution >= 0.6 is 11.6 Å². The number of hydrogen-bond acceptors (Lipinski definition) is 2. The van der Waals surface area contributed by atoms with Gasteiger partial charge in [0, 0.05) is 36.2 Å². The quantitative estimate of drug-likeness (QED) is 0.648. The van der Waals surface area contributed by atoms with Crippen LogP contribution in [-0.4, -0.2) is 14.4 Å². The van der Waals surface area contributed by atoms with Gasteiger partial charge in [-0.3, -0.25) is 4.98 Å². The minimum Gasteiger partial charge on any atom is -0.306 e. The van der Waals surface area contributed by atoms with Gasteiger partial charge in [-0.05, 0) is 29.8 Å². The number of aromatic nitrogens is 3. The normalized spacial score (nSPS) is 10.9.